The van der Waals surface area contributed by atoms with Crippen LogP contribution in [0.25, 0.3) is 0 Å². The summed E-state index contributed by atoms with van der Waals surface area (Å²) in [6.07, 6.45) is 8.15. The number of amides is 2. The molecule has 1 fully saturated rings. The van der Waals surface area contributed by atoms with Crippen LogP contribution in [0.1, 0.15) is 59.3 Å². The standard InChI is InChI=1S/C23H35N3O4/c1-16(2)20(7-6-18-5-4-11-24-17(18)3)19-9-13-26(14-10-19)22(28)15-21(27)25-12-8-23(29)30/h6-7,19,24H,4-5,8-15H2,1-3H3,(H,25,27)(H,29,30)/b7-6-. The number of carboxylic acids is 1. The molecule has 0 aliphatic carbocycles. The van der Waals surface area contributed by atoms with Crippen LogP contribution in [-0.4, -0.2) is 54.0 Å². The summed E-state index contributed by atoms with van der Waals surface area (Å²) in [6, 6.07) is 0. The van der Waals surface area contributed by atoms with Crippen LogP contribution in [0.5, 0.6) is 0 Å². The van der Waals surface area contributed by atoms with Gasteiger partial charge in [-0.05, 0) is 63.5 Å². The van der Waals surface area contributed by atoms with E-state index < -0.39 is 11.9 Å². The van der Waals surface area contributed by atoms with Gasteiger partial charge in [0.25, 0.3) is 0 Å². The van der Waals surface area contributed by atoms with E-state index in [1.165, 1.54) is 22.4 Å². The van der Waals surface area contributed by atoms with Crippen LogP contribution in [0.3, 0.4) is 0 Å². The van der Waals surface area contributed by atoms with Gasteiger partial charge in [-0.25, -0.2) is 0 Å². The van der Waals surface area contributed by atoms with Crippen molar-refractivity contribution in [1.82, 2.24) is 15.5 Å². The highest BCUT2D eigenvalue weighted by Gasteiger charge is 2.26. The van der Waals surface area contributed by atoms with Crippen molar-refractivity contribution in [2.75, 3.05) is 26.2 Å². The summed E-state index contributed by atoms with van der Waals surface area (Å²) in [5, 5.41) is 14.5. The van der Waals surface area contributed by atoms with Gasteiger partial charge in [0.05, 0.1) is 6.42 Å². The molecular formula is C23H35N3O4. The summed E-state index contributed by atoms with van der Waals surface area (Å²) in [7, 11) is 0. The zero-order valence-electron chi connectivity index (χ0n) is 18.4. The second kappa shape index (κ2) is 11.6. The van der Waals surface area contributed by atoms with Crippen LogP contribution in [0.15, 0.2) is 34.6 Å². The monoisotopic (exact) mass is 417 g/mol. The maximum Gasteiger partial charge on any atom is 0.305 e. The first-order valence-electron chi connectivity index (χ1n) is 10.8. The lowest BCUT2D eigenvalue weighted by Gasteiger charge is -2.33. The van der Waals surface area contributed by atoms with Gasteiger partial charge in [-0.15, -0.1) is 0 Å². The van der Waals surface area contributed by atoms with Crippen LogP contribution in [0, 0.1) is 5.92 Å². The molecule has 0 radical (unpaired) electrons. The minimum absolute atomic E-state index is 0.0468. The van der Waals surface area contributed by atoms with Crippen molar-refractivity contribution in [3.63, 3.8) is 0 Å². The second-order valence-corrected chi connectivity index (χ2v) is 8.29. The molecule has 7 heteroatoms. The van der Waals surface area contributed by atoms with Gasteiger partial charge in [-0.2, -0.15) is 0 Å². The third-order valence-electron chi connectivity index (χ3n) is 5.80. The summed E-state index contributed by atoms with van der Waals surface area (Å²) in [6.45, 7) is 8.77. The second-order valence-electron chi connectivity index (χ2n) is 8.29. The first kappa shape index (κ1) is 23.7. The number of carboxylic acid groups (broad SMARTS) is 1. The molecule has 30 heavy (non-hydrogen) atoms. The predicted octanol–water partition coefficient (Wildman–Crippen LogP) is 2.76. The predicted molar refractivity (Wildman–Crippen MR) is 117 cm³/mol. The number of aliphatic carboxylic acids is 1. The van der Waals surface area contributed by atoms with E-state index in [1.54, 1.807) is 4.90 Å². The molecule has 2 heterocycles. The first-order valence-corrected chi connectivity index (χ1v) is 10.8. The van der Waals surface area contributed by atoms with E-state index in [1.807, 2.05) is 0 Å². The maximum absolute atomic E-state index is 12.4. The van der Waals surface area contributed by atoms with Gasteiger partial charge in [0.1, 0.15) is 6.42 Å². The van der Waals surface area contributed by atoms with Crippen molar-refractivity contribution in [3.05, 3.63) is 34.6 Å². The average Bonchev–Trinajstić information content (AvgIpc) is 2.69. The van der Waals surface area contributed by atoms with Gasteiger partial charge in [0, 0.05) is 31.9 Å². The van der Waals surface area contributed by atoms with Crippen LogP contribution < -0.4 is 10.6 Å². The van der Waals surface area contributed by atoms with E-state index in [0.29, 0.717) is 19.0 Å². The molecule has 0 aromatic rings. The fourth-order valence-electron chi connectivity index (χ4n) is 4.03. The van der Waals surface area contributed by atoms with Crippen LogP contribution in [0.4, 0.5) is 0 Å². The van der Waals surface area contributed by atoms with E-state index in [4.69, 9.17) is 5.11 Å². The minimum atomic E-state index is -0.973. The highest BCUT2D eigenvalue weighted by atomic mass is 16.4. The highest BCUT2D eigenvalue weighted by Crippen LogP contribution is 2.29. The van der Waals surface area contributed by atoms with Crippen LogP contribution in [0.2, 0.25) is 0 Å². The molecule has 0 atom stereocenters. The number of likely N-dealkylation sites (tertiary alicyclic amines) is 1. The minimum Gasteiger partial charge on any atom is -0.481 e. The number of rotatable bonds is 8. The van der Waals surface area contributed by atoms with Crippen molar-refractivity contribution in [2.24, 2.45) is 5.92 Å². The molecule has 0 aromatic carbocycles. The lowest BCUT2D eigenvalue weighted by molar-refractivity contribution is -0.137. The molecule has 3 N–H and O–H groups in total. The molecule has 166 valence electrons. The number of allylic oxidation sites excluding steroid dienone is 6. The lowest BCUT2D eigenvalue weighted by atomic mass is 9.85. The van der Waals surface area contributed by atoms with Gasteiger partial charge >= 0.3 is 5.97 Å². The topological polar surface area (TPSA) is 98.7 Å². The van der Waals surface area contributed by atoms with Crippen molar-refractivity contribution in [2.45, 2.75) is 59.3 Å². The fourth-order valence-corrected chi connectivity index (χ4v) is 4.03. The van der Waals surface area contributed by atoms with E-state index >= 15 is 0 Å². The Kier molecular flexibility index (Phi) is 9.15. The molecule has 0 saturated carbocycles. The number of nitrogens with one attached hydrogen (secondary N) is 2. The Morgan fingerprint density at radius 3 is 2.53 bits per heavy atom. The molecule has 1 saturated heterocycles. The summed E-state index contributed by atoms with van der Waals surface area (Å²) in [5.74, 6) is -1.16. The van der Waals surface area contributed by atoms with E-state index in [2.05, 4.69) is 43.6 Å². The smallest absolute Gasteiger partial charge is 0.305 e. The van der Waals surface area contributed by atoms with Crippen molar-refractivity contribution < 1.29 is 19.5 Å². The van der Waals surface area contributed by atoms with Crippen molar-refractivity contribution >= 4 is 17.8 Å². The fraction of sp³-hybridized carbons (Fsp3) is 0.609. The number of nitrogens with zero attached hydrogens (tertiary/aromatic N) is 1. The van der Waals surface area contributed by atoms with Gasteiger partial charge < -0.3 is 20.6 Å². The molecule has 2 aliphatic rings. The van der Waals surface area contributed by atoms with E-state index in [0.717, 1.165) is 32.2 Å². The Morgan fingerprint density at radius 2 is 1.93 bits per heavy atom. The first-order chi connectivity index (χ1) is 14.3. The summed E-state index contributed by atoms with van der Waals surface area (Å²) >= 11 is 0. The number of hydrogen-bond acceptors (Lipinski definition) is 4. The van der Waals surface area contributed by atoms with Crippen LogP contribution in [-0.2, 0) is 14.4 Å². The largest absolute Gasteiger partial charge is 0.481 e. The molecular weight excluding hydrogens is 382 g/mol. The van der Waals surface area contributed by atoms with Crippen molar-refractivity contribution in [3.8, 4) is 0 Å². The number of hydrogen-bond donors (Lipinski definition) is 3. The number of carbonyl (C=O) groups is 3. The highest BCUT2D eigenvalue weighted by molar-refractivity contribution is 5.97. The molecule has 2 aliphatic heterocycles. The van der Waals surface area contributed by atoms with E-state index in [-0.39, 0.29) is 25.3 Å². The number of piperidine rings is 1. The molecule has 0 spiro atoms. The zero-order valence-corrected chi connectivity index (χ0v) is 18.4. The molecule has 0 bridgehead atoms. The molecule has 2 rings (SSSR count). The Labute approximate surface area is 179 Å². The zero-order chi connectivity index (χ0) is 22.1. The molecule has 0 aromatic heterocycles. The Morgan fingerprint density at radius 1 is 1.23 bits per heavy atom. The molecule has 2 amide bonds. The third-order valence-corrected chi connectivity index (χ3v) is 5.80. The van der Waals surface area contributed by atoms with Gasteiger partial charge in [-0.1, -0.05) is 17.7 Å². The number of carbonyl (C=O) groups excluding carboxylic acids is 2. The third kappa shape index (κ3) is 7.35. The summed E-state index contributed by atoms with van der Waals surface area (Å²) in [4.78, 5) is 36.5. The van der Waals surface area contributed by atoms with Crippen molar-refractivity contribution in [1.29, 1.82) is 0 Å². The average molecular weight is 418 g/mol. The van der Waals surface area contributed by atoms with Gasteiger partial charge in [-0.3, -0.25) is 14.4 Å². The van der Waals surface area contributed by atoms with Gasteiger partial charge in [0.15, 0.2) is 0 Å². The lowest BCUT2D eigenvalue weighted by Crippen LogP contribution is -2.41. The molecule has 7 nitrogen and oxygen atoms in total. The Hall–Kier alpha value is -2.57. The summed E-state index contributed by atoms with van der Waals surface area (Å²) in [5.41, 5.74) is 5.27. The Bertz CT molecular complexity index is 740. The van der Waals surface area contributed by atoms with Gasteiger partial charge in [0.2, 0.25) is 11.8 Å². The quantitative estimate of drug-likeness (QED) is 0.417. The SMILES string of the molecule is CC(C)=C(/C=C\C1=C(C)NCCC1)C1CCN(C(=O)CC(=O)NCCC(=O)O)CC1. The maximum atomic E-state index is 12.4. The van der Waals surface area contributed by atoms with E-state index in [9.17, 15) is 14.4 Å². The van der Waals surface area contributed by atoms with Crippen LogP contribution >= 0.6 is 0 Å². The molecule has 0 unspecified atom stereocenters. The summed E-state index contributed by atoms with van der Waals surface area (Å²) < 4.78 is 0. The Balaban J connectivity index is 1.86. The normalized spacial score (nSPS) is 17.6.